The van der Waals surface area contributed by atoms with Gasteiger partial charge in [0.05, 0.1) is 5.60 Å². The number of rotatable bonds is 6. The monoisotopic (exact) mass is 422 g/mol. The van der Waals surface area contributed by atoms with Gasteiger partial charge in [-0.3, -0.25) is 14.3 Å². The number of nitrogens with zero attached hydrogens (tertiary/aromatic N) is 5. The molecule has 30 heavy (non-hydrogen) atoms. The zero-order valence-corrected chi connectivity index (χ0v) is 15.9. The number of amides is 1. The summed E-state index contributed by atoms with van der Waals surface area (Å²) < 4.78 is 45.4. The first kappa shape index (κ1) is 21.2. The molecule has 0 atom stereocenters. The Morgan fingerprint density at radius 1 is 1.23 bits per heavy atom. The molecule has 0 fully saturated rings. The molecule has 0 saturated carbocycles. The third-order valence-corrected chi connectivity index (χ3v) is 3.54. The van der Waals surface area contributed by atoms with Crippen LogP contribution in [0.5, 0.6) is 5.88 Å². The van der Waals surface area contributed by atoms with Crippen molar-refractivity contribution in [2.75, 3.05) is 11.9 Å². The van der Waals surface area contributed by atoms with E-state index in [1.807, 2.05) is 0 Å². The van der Waals surface area contributed by atoms with Gasteiger partial charge in [-0.15, -0.1) is 0 Å². The normalized spacial score (nSPS) is 11.9. The minimum Gasteiger partial charge on any atom is -0.474 e. The highest BCUT2D eigenvalue weighted by Gasteiger charge is 2.32. The fourth-order valence-electron chi connectivity index (χ4n) is 2.20. The van der Waals surface area contributed by atoms with E-state index in [1.165, 1.54) is 49.3 Å². The molecule has 9 nitrogen and oxygen atoms in total. The zero-order chi connectivity index (χ0) is 21.9. The van der Waals surface area contributed by atoms with E-state index in [1.54, 1.807) is 0 Å². The Kier molecular flexibility index (Phi) is 5.69. The summed E-state index contributed by atoms with van der Waals surface area (Å²) in [6.45, 7) is 2.94. The van der Waals surface area contributed by atoms with Crippen LogP contribution in [-0.2, 0) is 6.18 Å². The molecule has 0 aliphatic heterocycles. The molecule has 0 aromatic carbocycles. The number of alkyl halides is 3. The maximum absolute atomic E-state index is 12.8. The van der Waals surface area contributed by atoms with Gasteiger partial charge < -0.3 is 15.2 Å². The first-order valence-electron chi connectivity index (χ1n) is 8.58. The summed E-state index contributed by atoms with van der Waals surface area (Å²) in [5, 5.41) is 12.2. The van der Waals surface area contributed by atoms with Crippen LogP contribution in [0.25, 0.3) is 5.95 Å². The summed E-state index contributed by atoms with van der Waals surface area (Å²) in [7, 11) is 0. The molecule has 3 aromatic heterocycles. The molecule has 158 valence electrons. The van der Waals surface area contributed by atoms with E-state index in [2.05, 4.69) is 25.3 Å². The molecule has 3 aromatic rings. The van der Waals surface area contributed by atoms with Crippen LogP contribution in [0.4, 0.5) is 18.9 Å². The third-order valence-electron chi connectivity index (χ3n) is 3.54. The van der Waals surface area contributed by atoms with E-state index in [0.717, 1.165) is 6.20 Å². The smallest absolute Gasteiger partial charge is 0.433 e. The van der Waals surface area contributed by atoms with Gasteiger partial charge in [-0.2, -0.15) is 18.2 Å². The van der Waals surface area contributed by atoms with Crippen molar-refractivity contribution in [2.24, 2.45) is 0 Å². The van der Waals surface area contributed by atoms with Crippen LogP contribution < -0.4 is 10.1 Å². The lowest BCUT2D eigenvalue weighted by Crippen LogP contribution is -2.28. The molecule has 0 unspecified atom stereocenters. The van der Waals surface area contributed by atoms with Crippen LogP contribution in [0.2, 0.25) is 0 Å². The Morgan fingerprint density at radius 3 is 2.63 bits per heavy atom. The standard InChI is InChI=1S/C18H17F3N6O3/c1-17(2,29)9-30-14-8-12(25-16(26-14)27-6-5-22-10-27)15(28)24-11-3-4-23-13(7-11)18(19,20)21/h3-8,10,29H,9H2,1-2H3,(H,23,24,28). The van der Waals surface area contributed by atoms with Gasteiger partial charge in [-0.25, -0.2) is 9.97 Å². The summed E-state index contributed by atoms with van der Waals surface area (Å²) in [6.07, 6.45) is 0.698. The Bertz CT molecular complexity index is 1030. The lowest BCUT2D eigenvalue weighted by atomic mass is 10.2. The number of aliphatic hydroxyl groups is 1. The van der Waals surface area contributed by atoms with Gasteiger partial charge in [-0.1, -0.05) is 0 Å². The molecule has 1 amide bonds. The Balaban J connectivity index is 1.90. The summed E-state index contributed by atoms with van der Waals surface area (Å²) in [4.78, 5) is 28.0. The number of aromatic nitrogens is 5. The summed E-state index contributed by atoms with van der Waals surface area (Å²) in [5.41, 5.74) is -2.57. The number of carbonyl (C=O) groups excluding carboxylic acids is 1. The molecule has 2 N–H and O–H groups in total. The highest BCUT2D eigenvalue weighted by molar-refractivity contribution is 6.03. The topological polar surface area (TPSA) is 115 Å². The van der Waals surface area contributed by atoms with E-state index >= 15 is 0 Å². The minimum absolute atomic E-state index is 0.00770. The lowest BCUT2D eigenvalue weighted by Gasteiger charge is -2.17. The Morgan fingerprint density at radius 2 is 2.00 bits per heavy atom. The second kappa shape index (κ2) is 8.06. The first-order chi connectivity index (χ1) is 14.0. The predicted octanol–water partition coefficient (Wildman–Crippen LogP) is 2.48. The number of nitrogens with one attached hydrogen (secondary N) is 1. The quantitative estimate of drug-likeness (QED) is 0.627. The average Bonchev–Trinajstić information content (AvgIpc) is 3.20. The Labute approximate surface area is 168 Å². The van der Waals surface area contributed by atoms with Crippen molar-refractivity contribution in [1.29, 1.82) is 0 Å². The SMILES string of the molecule is CC(C)(O)COc1cc(C(=O)Nc2ccnc(C(F)(F)F)c2)nc(-n2ccnc2)n1. The van der Waals surface area contributed by atoms with Gasteiger partial charge in [0.2, 0.25) is 11.8 Å². The van der Waals surface area contributed by atoms with Gasteiger partial charge in [0.1, 0.15) is 24.3 Å². The molecule has 0 saturated heterocycles. The molecule has 0 spiro atoms. The van der Waals surface area contributed by atoms with Crippen molar-refractivity contribution in [3.05, 3.63) is 54.5 Å². The van der Waals surface area contributed by atoms with E-state index < -0.39 is 23.4 Å². The molecule has 0 aliphatic carbocycles. The van der Waals surface area contributed by atoms with Crippen LogP contribution in [0.15, 0.2) is 43.1 Å². The first-order valence-corrected chi connectivity index (χ1v) is 8.58. The number of pyridine rings is 1. The van der Waals surface area contributed by atoms with Crippen molar-refractivity contribution in [3.63, 3.8) is 0 Å². The molecule has 3 heterocycles. The molecular weight excluding hydrogens is 405 g/mol. The molecule has 0 bridgehead atoms. The van der Waals surface area contributed by atoms with Crippen LogP contribution in [0.1, 0.15) is 30.0 Å². The highest BCUT2D eigenvalue weighted by Crippen LogP contribution is 2.29. The van der Waals surface area contributed by atoms with Crippen LogP contribution in [0, 0.1) is 0 Å². The maximum atomic E-state index is 12.8. The van der Waals surface area contributed by atoms with E-state index in [-0.39, 0.29) is 29.8 Å². The van der Waals surface area contributed by atoms with Crippen molar-refractivity contribution in [3.8, 4) is 11.8 Å². The number of hydrogen-bond donors (Lipinski definition) is 2. The second-order valence-electron chi connectivity index (χ2n) is 6.84. The van der Waals surface area contributed by atoms with Gasteiger partial charge >= 0.3 is 6.18 Å². The van der Waals surface area contributed by atoms with Crippen molar-refractivity contribution < 1.29 is 27.8 Å². The van der Waals surface area contributed by atoms with Gasteiger partial charge in [-0.05, 0) is 26.0 Å². The number of halogens is 3. The highest BCUT2D eigenvalue weighted by atomic mass is 19.4. The van der Waals surface area contributed by atoms with E-state index in [0.29, 0.717) is 6.07 Å². The van der Waals surface area contributed by atoms with Gasteiger partial charge in [0, 0.05) is 30.3 Å². The summed E-state index contributed by atoms with van der Waals surface area (Å²) in [5.74, 6) is -0.741. The van der Waals surface area contributed by atoms with Gasteiger partial charge in [0.25, 0.3) is 5.91 Å². The molecule has 0 radical (unpaired) electrons. The number of hydrogen-bond acceptors (Lipinski definition) is 7. The van der Waals surface area contributed by atoms with E-state index in [9.17, 15) is 23.1 Å². The average molecular weight is 422 g/mol. The van der Waals surface area contributed by atoms with Crippen molar-refractivity contribution >= 4 is 11.6 Å². The van der Waals surface area contributed by atoms with E-state index in [4.69, 9.17) is 4.74 Å². The number of anilines is 1. The molecule has 0 aliphatic rings. The fourth-order valence-corrected chi connectivity index (χ4v) is 2.20. The Hall–Kier alpha value is -3.54. The summed E-state index contributed by atoms with van der Waals surface area (Å²) in [6, 6.07) is 3.14. The van der Waals surface area contributed by atoms with Crippen LogP contribution in [-0.4, -0.2) is 47.7 Å². The fraction of sp³-hybridized carbons (Fsp3) is 0.278. The molecular formula is C18H17F3N6O3. The lowest BCUT2D eigenvalue weighted by molar-refractivity contribution is -0.141. The zero-order valence-electron chi connectivity index (χ0n) is 15.9. The van der Waals surface area contributed by atoms with Crippen molar-refractivity contribution in [2.45, 2.75) is 25.6 Å². The predicted molar refractivity (Wildman–Crippen MR) is 98.1 cm³/mol. The van der Waals surface area contributed by atoms with Crippen LogP contribution >= 0.6 is 0 Å². The molecule has 3 rings (SSSR count). The maximum Gasteiger partial charge on any atom is 0.433 e. The van der Waals surface area contributed by atoms with Gasteiger partial charge in [0.15, 0.2) is 0 Å². The largest absolute Gasteiger partial charge is 0.474 e. The summed E-state index contributed by atoms with van der Waals surface area (Å²) >= 11 is 0. The van der Waals surface area contributed by atoms with Crippen LogP contribution in [0.3, 0.4) is 0 Å². The second-order valence-corrected chi connectivity index (χ2v) is 6.84. The molecule has 12 heteroatoms. The minimum atomic E-state index is -4.65. The number of ether oxygens (including phenoxy) is 1. The number of imidazole rings is 1. The third kappa shape index (κ3) is 5.50. The number of carbonyl (C=O) groups is 1. The van der Waals surface area contributed by atoms with Crippen molar-refractivity contribution in [1.82, 2.24) is 24.5 Å².